The van der Waals surface area contributed by atoms with Crippen LogP contribution < -0.4 is 0 Å². The molecule has 0 aliphatic carbocycles. The Kier molecular flexibility index (Phi) is 15.5. The summed E-state index contributed by atoms with van der Waals surface area (Å²) in [7, 11) is 0. The highest BCUT2D eigenvalue weighted by Gasteiger charge is 2.31. The van der Waals surface area contributed by atoms with Crippen LogP contribution in [0.4, 0.5) is 13.2 Å². The van der Waals surface area contributed by atoms with Gasteiger partial charge in [-0.05, 0) is 63.2 Å². The van der Waals surface area contributed by atoms with E-state index in [-0.39, 0.29) is 0 Å². The molecular weight excluding hydrogens is 399 g/mol. The van der Waals surface area contributed by atoms with E-state index >= 15 is 0 Å². The molecule has 0 aromatic rings. The zero-order chi connectivity index (χ0) is 23.7. The van der Waals surface area contributed by atoms with Gasteiger partial charge in [-0.1, -0.05) is 71.3 Å². The molecule has 0 saturated carbocycles. The lowest BCUT2D eigenvalue weighted by Crippen LogP contribution is -2.18. The van der Waals surface area contributed by atoms with E-state index < -0.39 is 11.9 Å². The van der Waals surface area contributed by atoms with Gasteiger partial charge in [0.2, 0.25) is 0 Å². The van der Waals surface area contributed by atoms with E-state index in [4.69, 9.17) is 4.74 Å². The summed E-state index contributed by atoms with van der Waals surface area (Å²) in [6.07, 6.45) is 15.0. The summed E-state index contributed by atoms with van der Waals surface area (Å²) in [6, 6.07) is 0. The lowest BCUT2D eigenvalue weighted by Gasteiger charge is -2.22. The summed E-state index contributed by atoms with van der Waals surface area (Å²) in [4.78, 5) is 3.62. The Morgan fingerprint density at radius 1 is 1.03 bits per heavy atom. The van der Waals surface area contributed by atoms with Crippen molar-refractivity contribution in [2.24, 2.45) is 10.9 Å². The van der Waals surface area contributed by atoms with Crippen molar-refractivity contribution in [2.45, 2.75) is 92.7 Å². The van der Waals surface area contributed by atoms with Crippen molar-refractivity contribution in [3.8, 4) is 0 Å². The van der Waals surface area contributed by atoms with Crippen LogP contribution in [0.1, 0.15) is 86.5 Å². The topological polar surface area (TPSA) is 21.6 Å². The van der Waals surface area contributed by atoms with Crippen LogP contribution in [0, 0.1) is 5.92 Å². The first-order valence-corrected chi connectivity index (χ1v) is 11.4. The lowest BCUT2D eigenvalue weighted by atomic mass is 9.88. The fourth-order valence-corrected chi connectivity index (χ4v) is 3.01. The van der Waals surface area contributed by atoms with Crippen molar-refractivity contribution >= 4 is 5.71 Å². The SMILES string of the molecule is C\C=C/C=C(\C(=C\CC)OC(/C=C/CCC)=C/N=C(C)C(F)(F)F)C(CCC)CCC. The highest BCUT2D eigenvalue weighted by molar-refractivity contribution is 5.87. The van der Waals surface area contributed by atoms with E-state index in [1.807, 2.05) is 45.1 Å². The van der Waals surface area contributed by atoms with Gasteiger partial charge >= 0.3 is 6.18 Å². The maximum atomic E-state index is 12.9. The molecule has 0 aromatic carbocycles. The first-order valence-electron chi connectivity index (χ1n) is 11.4. The fraction of sp³-hybridized carbons (Fsp3) is 0.577. The van der Waals surface area contributed by atoms with E-state index in [2.05, 4.69) is 24.9 Å². The average Bonchev–Trinajstić information content (AvgIpc) is 2.71. The molecule has 0 aliphatic rings. The van der Waals surface area contributed by atoms with Crippen molar-refractivity contribution in [2.75, 3.05) is 0 Å². The number of unbranched alkanes of at least 4 members (excludes halogenated alkanes) is 1. The molecular formula is C26H40F3NO. The Morgan fingerprint density at radius 2 is 1.68 bits per heavy atom. The minimum Gasteiger partial charge on any atom is -0.456 e. The molecule has 0 bridgehead atoms. The third-order valence-electron chi connectivity index (χ3n) is 4.62. The van der Waals surface area contributed by atoms with Crippen LogP contribution in [0.15, 0.2) is 64.7 Å². The number of hydrogen-bond donors (Lipinski definition) is 0. The van der Waals surface area contributed by atoms with Gasteiger partial charge in [0.25, 0.3) is 0 Å². The maximum Gasteiger partial charge on any atom is 0.429 e. The second-order valence-corrected chi connectivity index (χ2v) is 7.44. The number of allylic oxidation sites excluding steroid dienone is 7. The number of ether oxygens (including phenoxy) is 1. The molecule has 2 nitrogen and oxygen atoms in total. The smallest absolute Gasteiger partial charge is 0.429 e. The molecule has 0 rings (SSSR count). The van der Waals surface area contributed by atoms with E-state index in [1.165, 1.54) is 6.20 Å². The second kappa shape index (κ2) is 16.6. The Balaban J connectivity index is 6.24. The summed E-state index contributed by atoms with van der Waals surface area (Å²) in [6.45, 7) is 11.3. The quantitative estimate of drug-likeness (QED) is 0.150. The van der Waals surface area contributed by atoms with Crippen molar-refractivity contribution in [3.63, 3.8) is 0 Å². The summed E-state index contributed by atoms with van der Waals surface area (Å²) in [5.74, 6) is 1.32. The molecule has 5 heteroatoms. The maximum absolute atomic E-state index is 12.9. The highest BCUT2D eigenvalue weighted by Crippen LogP contribution is 2.31. The van der Waals surface area contributed by atoms with Crippen LogP contribution >= 0.6 is 0 Å². The van der Waals surface area contributed by atoms with Gasteiger partial charge in [0.15, 0.2) is 0 Å². The summed E-state index contributed by atoms with van der Waals surface area (Å²) in [5.41, 5.74) is 0.174. The summed E-state index contributed by atoms with van der Waals surface area (Å²) >= 11 is 0. The van der Waals surface area contributed by atoms with Crippen molar-refractivity contribution in [1.82, 2.24) is 0 Å². The fourth-order valence-electron chi connectivity index (χ4n) is 3.01. The van der Waals surface area contributed by atoms with E-state index in [0.717, 1.165) is 57.4 Å². The van der Waals surface area contributed by atoms with Gasteiger partial charge in [-0.2, -0.15) is 13.2 Å². The van der Waals surface area contributed by atoms with Crippen LogP contribution in [-0.4, -0.2) is 11.9 Å². The first kappa shape index (κ1) is 29.0. The molecule has 31 heavy (non-hydrogen) atoms. The minimum atomic E-state index is -4.46. The molecule has 0 aromatic heterocycles. The van der Waals surface area contributed by atoms with Gasteiger partial charge in [-0.15, -0.1) is 0 Å². The first-order chi connectivity index (χ1) is 14.7. The number of rotatable bonds is 14. The number of halogens is 3. The van der Waals surface area contributed by atoms with Crippen LogP contribution in [-0.2, 0) is 4.74 Å². The Labute approximate surface area is 187 Å². The van der Waals surface area contributed by atoms with E-state index in [9.17, 15) is 13.2 Å². The third kappa shape index (κ3) is 12.4. The Bertz CT molecular complexity index is 673. The van der Waals surface area contributed by atoms with Gasteiger partial charge in [-0.3, -0.25) is 4.99 Å². The van der Waals surface area contributed by atoms with Crippen LogP contribution in [0.5, 0.6) is 0 Å². The molecule has 0 N–H and O–H groups in total. The highest BCUT2D eigenvalue weighted by atomic mass is 19.4. The number of nitrogens with zero attached hydrogens (tertiary/aromatic N) is 1. The number of alkyl halides is 3. The van der Waals surface area contributed by atoms with Gasteiger partial charge in [0.05, 0.1) is 6.20 Å². The molecule has 0 unspecified atom stereocenters. The summed E-state index contributed by atoms with van der Waals surface area (Å²) < 4.78 is 44.8. The zero-order valence-corrected chi connectivity index (χ0v) is 20.1. The van der Waals surface area contributed by atoms with Gasteiger partial charge in [-0.25, -0.2) is 0 Å². The molecule has 0 heterocycles. The van der Waals surface area contributed by atoms with Gasteiger partial charge < -0.3 is 4.74 Å². The molecule has 0 radical (unpaired) electrons. The van der Waals surface area contributed by atoms with Crippen molar-refractivity contribution in [3.05, 3.63) is 59.7 Å². The average molecular weight is 440 g/mol. The van der Waals surface area contributed by atoms with Crippen molar-refractivity contribution in [1.29, 1.82) is 0 Å². The van der Waals surface area contributed by atoms with Crippen molar-refractivity contribution < 1.29 is 17.9 Å². The molecule has 0 saturated heterocycles. The van der Waals surface area contributed by atoms with Crippen LogP contribution in [0.2, 0.25) is 0 Å². The summed E-state index contributed by atoms with van der Waals surface area (Å²) in [5, 5.41) is 0. The molecule has 0 spiro atoms. The predicted octanol–water partition coefficient (Wildman–Crippen LogP) is 9.24. The largest absolute Gasteiger partial charge is 0.456 e. The number of aliphatic imine (C=N–C) groups is 1. The monoisotopic (exact) mass is 439 g/mol. The molecule has 0 aliphatic heterocycles. The predicted molar refractivity (Wildman–Crippen MR) is 127 cm³/mol. The molecule has 0 atom stereocenters. The zero-order valence-electron chi connectivity index (χ0n) is 20.1. The van der Waals surface area contributed by atoms with E-state index in [0.29, 0.717) is 17.4 Å². The Morgan fingerprint density at radius 3 is 2.16 bits per heavy atom. The number of hydrogen-bond acceptors (Lipinski definition) is 2. The van der Waals surface area contributed by atoms with Crippen LogP contribution in [0.25, 0.3) is 0 Å². The van der Waals surface area contributed by atoms with E-state index in [1.54, 1.807) is 6.08 Å². The lowest BCUT2D eigenvalue weighted by molar-refractivity contribution is -0.0591. The molecule has 0 fully saturated rings. The molecule has 0 amide bonds. The van der Waals surface area contributed by atoms with Crippen LogP contribution in [0.3, 0.4) is 0 Å². The molecule has 176 valence electrons. The standard InChI is InChI=1S/C26H40F3NO/c1-7-12-14-18-23(20-30-21(6)26(27,28)29)31-25(17-11-5)24(19-13-8-2)22(15-9-3)16-10-4/h8,13-14,17-20,22H,7,9-12,15-16H2,1-6H3/b13-8-,18-14+,23-20+,24-19-,25-17-,30-21?. The third-order valence-corrected chi connectivity index (χ3v) is 4.62. The van der Waals surface area contributed by atoms with Gasteiger partial charge in [0, 0.05) is 0 Å². The second-order valence-electron chi connectivity index (χ2n) is 7.44. The normalized spacial score (nSPS) is 15.0. The van der Waals surface area contributed by atoms with Gasteiger partial charge in [0.1, 0.15) is 17.2 Å². The Hall–Kier alpha value is -2.04. The minimum absolute atomic E-state index is 0.301.